The van der Waals surface area contributed by atoms with E-state index in [1.165, 1.54) is 6.42 Å². The fraction of sp³-hybridized carbons (Fsp3) is 0.647. The summed E-state index contributed by atoms with van der Waals surface area (Å²) in [5.41, 5.74) is 6.63. The zero-order valence-electron chi connectivity index (χ0n) is 15.0. The van der Waals surface area contributed by atoms with Crippen molar-refractivity contribution in [2.75, 3.05) is 30.9 Å². The maximum absolute atomic E-state index is 10.9. The van der Waals surface area contributed by atoms with Crippen LogP contribution in [0.2, 0.25) is 4.73 Å². The Balaban J connectivity index is 2.21. The monoisotopic (exact) mass is 375 g/mol. The molecule has 0 unspecified atom stereocenters. The average molecular weight is 375 g/mol. The Morgan fingerprint density at radius 1 is 1.04 bits per heavy atom. The van der Waals surface area contributed by atoms with Crippen LogP contribution in [0.15, 0.2) is 24.3 Å². The molecule has 0 heterocycles. The van der Waals surface area contributed by atoms with Crippen LogP contribution in [-0.4, -0.2) is 32.0 Å². The van der Waals surface area contributed by atoms with Gasteiger partial charge in [-0.15, -0.1) is 0 Å². The molecular formula is C17H31N2O4Ti. The van der Waals surface area contributed by atoms with E-state index in [0.29, 0.717) is 16.8 Å². The van der Waals surface area contributed by atoms with Crippen molar-refractivity contribution in [2.45, 2.75) is 48.9 Å². The minimum absolute atomic E-state index is 0.529. The molecular weight excluding hydrogens is 344 g/mol. The van der Waals surface area contributed by atoms with Gasteiger partial charge in [-0.25, -0.2) is 0 Å². The fourth-order valence-corrected chi connectivity index (χ4v) is 8.47. The van der Waals surface area contributed by atoms with E-state index in [4.69, 9.17) is 15.7 Å². The predicted octanol–water partition coefficient (Wildman–Crippen LogP) is 3.47. The molecule has 1 aliphatic carbocycles. The van der Waals surface area contributed by atoms with Crippen molar-refractivity contribution < 1.29 is 31.8 Å². The summed E-state index contributed by atoms with van der Waals surface area (Å²) in [6.45, 7) is 0. The molecule has 1 fully saturated rings. The van der Waals surface area contributed by atoms with Crippen LogP contribution >= 0.6 is 0 Å². The van der Waals surface area contributed by atoms with Gasteiger partial charge >= 0.3 is 147 Å². The van der Waals surface area contributed by atoms with Gasteiger partial charge in [0.1, 0.15) is 0 Å². The molecule has 4 N–H and O–H groups in total. The zero-order chi connectivity index (χ0) is 17.7. The maximum atomic E-state index is 10.9. The van der Waals surface area contributed by atoms with Crippen LogP contribution in [-0.2, 0) is 26.7 Å². The molecule has 0 aliphatic heterocycles. The van der Waals surface area contributed by atoms with Crippen LogP contribution in [0.25, 0.3) is 0 Å². The Kier molecular flexibility index (Phi) is 6.34. The third-order valence-corrected chi connectivity index (χ3v) is 12.2. The summed E-state index contributed by atoms with van der Waals surface area (Å²) >= 11 is -4.41. The van der Waals surface area contributed by atoms with Gasteiger partial charge in [-0.05, 0) is 0 Å². The summed E-state index contributed by atoms with van der Waals surface area (Å²) < 4.78 is 21.6. The van der Waals surface area contributed by atoms with Crippen LogP contribution in [0.1, 0.15) is 38.5 Å². The molecule has 7 heteroatoms. The van der Waals surface area contributed by atoms with Crippen molar-refractivity contribution in [1.29, 1.82) is 0 Å². The number of anilines is 2. The average Bonchev–Trinajstić information content (AvgIpc) is 2.62. The van der Waals surface area contributed by atoms with Crippen LogP contribution in [0.4, 0.5) is 11.4 Å². The number of nitrogens with one attached hydrogen (secondary N) is 1. The molecule has 0 bridgehead atoms. The van der Waals surface area contributed by atoms with E-state index in [0.717, 1.165) is 31.4 Å². The van der Waals surface area contributed by atoms with Gasteiger partial charge in [0.25, 0.3) is 0 Å². The summed E-state index contributed by atoms with van der Waals surface area (Å²) in [4.78, 5) is 0. The number of rotatable bonds is 8. The molecule has 0 spiro atoms. The molecule has 0 amide bonds. The number of hydrogen-bond acceptors (Lipinski definition) is 6. The second-order valence-corrected chi connectivity index (χ2v) is 13.5. The Labute approximate surface area is 147 Å². The summed E-state index contributed by atoms with van der Waals surface area (Å²) in [5, 5.41) is 10.9. The fourth-order valence-electron chi connectivity index (χ4n) is 3.53. The van der Waals surface area contributed by atoms with Crippen LogP contribution in [0.5, 0.6) is 0 Å². The summed E-state index contributed by atoms with van der Waals surface area (Å²) in [6, 6.07) is 7.40. The third kappa shape index (κ3) is 4.31. The molecule has 6 nitrogen and oxygen atoms in total. The summed E-state index contributed by atoms with van der Waals surface area (Å²) in [6.07, 6.45) is 5.58. The first-order valence-corrected chi connectivity index (χ1v) is 12.4. The van der Waals surface area contributed by atoms with Gasteiger partial charge in [-0.2, -0.15) is 0 Å². The number of nitrogen functional groups attached to an aromatic ring is 1. The molecule has 0 atom stereocenters. The van der Waals surface area contributed by atoms with E-state index >= 15 is 0 Å². The quantitative estimate of drug-likeness (QED) is 0.477. The third-order valence-electron chi connectivity index (χ3n) is 5.34. The van der Waals surface area contributed by atoms with Crippen LogP contribution < -0.4 is 9.53 Å². The minimum atomic E-state index is -4.41. The normalized spacial score (nSPS) is 19.4. The van der Waals surface area contributed by atoms with Gasteiger partial charge < -0.3 is 0 Å². The van der Waals surface area contributed by atoms with Crippen LogP contribution in [0.3, 0.4) is 0 Å². The van der Waals surface area contributed by atoms with E-state index in [1.54, 1.807) is 21.3 Å². The zero-order valence-corrected chi connectivity index (χ0v) is 16.6. The predicted molar refractivity (Wildman–Crippen MR) is 93.0 cm³/mol. The van der Waals surface area contributed by atoms with Gasteiger partial charge in [0.15, 0.2) is 0 Å². The molecule has 0 radical (unpaired) electrons. The number of hydrogen-bond donors (Lipinski definition) is 3. The van der Waals surface area contributed by atoms with Crippen molar-refractivity contribution >= 4 is 11.4 Å². The topological polar surface area (TPSA) is 86.0 Å². The molecule has 0 aromatic heterocycles. The SMILES string of the molecule is C[O][Ti]([CH2]CC1(O)CCCCC1)([NH]c1ccc(N)cc1)([O]C)[O]C. The Morgan fingerprint density at radius 2 is 1.58 bits per heavy atom. The first-order chi connectivity index (χ1) is 11.4. The van der Waals surface area contributed by atoms with Gasteiger partial charge in [-0.3, -0.25) is 0 Å². The van der Waals surface area contributed by atoms with Crippen molar-refractivity contribution in [2.24, 2.45) is 0 Å². The number of nitrogens with two attached hydrogens (primary N) is 1. The molecule has 24 heavy (non-hydrogen) atoms. The second kappa shape index (κ2) is 7.73. The first kappa shape index (κ1) is 19.7. The van der Waals surface area contributed by atoms with Crippen molar-refractivity contribution in [3.05, 3.63) is 24.3 Å². The Hall–Kier alpha value is -0.626. The molecule has 1 aromatic rings. The van der Waals surface area contributed by atoms with Crippen molar-refractivity contribution in [3.63, 3.8) is 0 Å². The first-order valence-electron chi connectivity index (χ1n) is 8.58. The van der Waals surface area contributed by atoms with Crippen molar-refractivity contribution in [3.8, 4) is 0 Å². The van der Waals surface area contributed by atoms with E-state index in [-0.39, 0.29) is 0 Å². The summed E-state index contributed by atoms with van der Waals surface area (Å²) in [5.74, 6) is 0. The van der Waals surface area contributed by atoms with Gasteiger partial charge in [0, 0.05) is 0 Å². The second-order valence-electron chi connectivity index (χ2n) is 6.81. The van der Waals surface area contributed by atoms with Gasteiger partial charge in [-0.1, -0.05) is 0 Å². The van der Waals surface area contributed by atoms with E-state index < -0.39 is 22.3 Å². The molecule has 2 rings (SSSR count). The van der Waals surface area contributed by atoms with E-state index in [1.807, 2.05) is 24.3 Å². The van der Waals surface area contributed by atoms with Gasteiger partial charge in [0.05, 0.1) is 0 Å². The van der Waals surface area contributed by atoms with Crippen LogP contribution in [0, 0.1) is 0 Å². The molecule has 0 saturated heterocycles. The summed E-state index contributed by atoms with van der Waals surface area (Å²) in [7, 11) is 4.83. The van der Waals surface area contributed by atoms with Crippen molar-refractivity contribution in [1.82, 2.24) is 0 Å². The Bertz CT molecular complexity index is 517. The Morgan fingerprint density at radius 3 is 2.08 bits per heavy atom. The standard InChI is InChI=1S/C8H15O.C6H7N2.3CH3O.Ti/c1-2-8(9)6-4-3-5-7-8;7-5-1-2-6(8)4-3-5;3*1-2;/h9H,1-7H2;1-4,7H,8H2;3*1H3;/q;4*-1;+4. The van der Waals surface area contributed by atoms with Gasteiger partial charge in [0.2, 0.25) is 0 Å². The number of aliphatic hydroxyl groups is 1. The molecule has 1 aromatic carbocycles. The molecule has 137 valence electrons. The van der Waals surface area contributed by atoms with E-state index in [2.05, 4.69) is 3.80 Å². The molecule has 1 saturated carbocycles. The molecule has 1 aliphatic rings. The number of benzene rings is 1. The van der Waals surface area contributed by atoms with E-state index in [9.17, 15) is 5.11 Å².